The summed E-state index contributed by atoms with van der Waals surface area (Å²) in [5.41, 5.74) is 6.02. The van der Waals surface area contributed by atoms with E-state index in [4.69, 9.17) is 10.8 Å². The van der Waals surface area contributed by atoms with Crippen LogP contribution in [-0.4, -0.2) is 28.0 Å². The van der Waals surface area contributed by atoms with Gasteiger partial charge in [-0.3, -0.25) is 9.59 Å². The van der Waals surface area contributed by atoms with Crippen LogP contribution in [-0.2, 0) is 4.79 Å². The molecule has 0 bridgehead atoms. The first-order chi connectivity index (χ1) is 7.40. The van der Waals surface area contributed by atoms with Crippen LogP contribution in [0.5, 0.6) is 0 Å². The van der Waals surface area contributed by atoms with E-state index in [1.54, 1.807) is 13.0 Å². The monoisotopic (exact) mass is 223 g/mol. The van der Waals surface area contributed by atoms with Crippen LogP contribution in [0.25, 0.3) is 0 Å². The van der Waals surface area contributed by atoms with Crippen LogP contribution in [0.15, 0.2) is 12.1 Å². The van der Waals surface area contributed by atoms with Gasteiger partial charge in [0.05, 0.1) is 0 Å². The van der Waals surface area contributed by atoms with Gasteiger partial charge in [0, 0.05) is 11.3 Å². The number of carboxylic acid groups (broad SMARTS) is 1. The molecule has 1 atom stereocenters. The summed E-state index contributed by atoms with van der Waals surface area (Å²) in [6.45, 7) is 3.18. The summed E-state index contributed by atoms with van der Waals surface area (Å²) in [4.78, 5) is 25.7. The summed E-state index contributed by atoms with van der Waals surface area (Å²) in [5, 5.41) is 11.4. The summed E-state index contributed by atoms with van der Waals surface area (Å²) >= 11 is 0. The average Bonchev–Trinajstić information content (AvgIpc) is 2.16. The molecule has 0 aliphatic rings. The molecule has 1 amide bonds. The lowest BCUT2D eigenvalue weighted by Crippen LogP contribution is -2.26. The Kier molecular flexibility index (Phi) is 3.44. The predicted molar refractivity (Wildman–Crippen MR) is 58.2 cm³/mol. The van der Waals surface area contributed by atoms with E-state index in [-0.39, 0.29) is 0 Å². The highest BCUT2D eigenvalue weighted by Gasteiger charge is 2.12. The first-order valence-electron chi connectivity index (χ1n) is 4.68. The lowest BCUT2D eigenvalue weighted by molar-refractivity contribution is -0.137. The van der Waals surface area contributed by atoms with Crippen molar-refractivity contribution in [3.63, 3.8) is 0 Å². The van der Waals surface area contributed by atoms with Gasteiger partial charge in [-0.2, -0.15) is 0 Å². The van der Waals surface area contributed by atoms with Crippen LogP contribution in [0.2, 0.25) is 0 Å². The Morgan fingerprint density at radius 1 is 1.50 bits per heavy atom. The normalized spacial score (nSPS) is 11.9. The van der Waals surface area contributed by atoms with Crippen molar-refractivity contribution in [2.75, 3.05) is 5.32 Å². The molecule has 0 saturated heterocycles. The Hall–Kier alpha value is -2.11. The molecule has 1 aromatic heterocycles. The molecule has 1 aromatic rings. The minimum atomic E-state index is -0.996. The predicted octanol–water partition coefficient (Wildman–Crippen LogP) is 0.374. The minimum Gasteiger partial charge on any atom is -0.480 e. The molecule has 6 nitrogen and oxygen atoms in total. The molecule has 0 aliphatic heterocycles. The zero-order valence-corrected chi connectivity index (χ0v) is 9.02. The Bertz CT molecular complexity index is 431. The summed E-state index contributed by atoms with van der Waals surface area (Å²) in [7, 11) is 0. The third kappa shape index (κ3) is 2.94. The molecule has 86 valence electrons. The largest absolute Gasteiger partial charge is 0.480 e. The molecule has 0 saturated carbocycles. The zero-order valence-electron chi connectivity index (χ0n) is 9.02. The lowest BCUT2D eigenvalue weighted by Gasteiger charge is -2.11. The quantitative estimate of drug-likeness (QED) is 0.684. The Balaban J connectivity index is 2.97. The van der Waals surface area contributed by atoms with E-state index in [9.17, 15) is 9.59 Å². The summed E-state index contributed by atoms with van der Waals surface area (Å²) in [6.07, 6.45) is 0. The van der Waals surface area contributed by atoms with Crippen LogP contribution < -0.4 is 11.1 Å². The number of anilines is 1. The molecule has 1 heterocycles. The average molecular weight is 223 g/mol. The van der Waals surface area contributed by atoms with Gasteiger partial charge in [-0.1, -0.05) is 0 Å². The van der Waals surface area contributed by atoms with Crippen molar-refractivity contribution in [3.05, 3.63) is 23.4 Å². The first-order valence-corrected chi connectivity index (χ1v) is 4.68. The van der Waals surface area contributed by atoms with E-state index in [1.807, 2.05) is 0 Å². The third-order valence-electron chi connectivity index (χ3n) is 1.97. The van der Waals surface area contributed by atoms with E-state index in [0.717, 1.165) is 0 Å². The van der Waals surface area contributed by atoms with Crippen LogP contribution >= 0.6 is 0 Å². The fourth-order valence-corrected chi connectivity index (χ4v) is 1.17. The molecule has 1 unspecified atom stereocenters. The number of amides is 1. The standard InChI is InChI=1S/C10H13N3O3/c1-5-3-7(9(11)14)4-8(12-5)13-6(2)10(15)16/h3-4,6H,1-2H3,(H2,11,14)(H,12,13)(H,15,16). The second kappa shape index (κ2) is 4.61. The number of carbonyl (C=O) groups excluding carboxylic acids is 1. The Morgan fingerprint density at radius 2 is 2.12 bits per heavy atom. The maximum atomic E-state index is 11.0. The van der Waals surface area contributed by atoms with Gasteiger partial charge in [-0.15, -0.1) is 0 Å². The van der Waals surface area contributed by atoms with Crippen molar-refractivity contribution in [2.45, 2.75) is 19.9 Å². The minimum absolute atomic E-state index is 0.299. The first kappa shape index (κ1) is 12.0. The molecule has 6 heteroatoms. The summed E-state index contributed by atoms with van der Waals surface area (Å²) in [6, 6.07) is 2.18. The number of nitrogens with zero attached hydrogens (tertiary/aromatic N) is 1. The lowest BCUT2D eigenvalue weighted by atomic mass is 10.2. The van der Waals surface area contributed by atoms with E-state index in [1.165, 1.54) is 13.0 Å². The Labute approximate surface area is 92.5 Å². The van der Waals surface area contributed by atoms with Crippen LogP contribution in [0, 0.1) is 6.92 Å². The van der Waals surface area contributed by atoms with Gasteiger partial charge in [0.25, 0.3) is 0 Å². The number of aliphatic carboxylic acids is 1. The van der Waals surface area contributed by atoms with Crippen molar-refractivity contribution >= 4 is 17.7 Å². The second-order valence-corrected chi connectivity index (χ2v) is 3.45. The molecule has 0 aliphatic carbocycles. The molecule has 0 aromatic carbocycles. The molecule has 0 spiro atoms. The number of nitrogens with one attached hydrogen (secondary N) is 1. The van der Waals surface area contributed by atoms with Crippen molar-refractivity contribution < 1.29 is 14.7 Å². The highest BCUT2D eigenvalue weighted by atomic mass is 16.4. The highest BCUT2D eigenvalue weighted by Crippen LogP contribution is 2.10. The number of carboxylic acids is 1. The SMILES string of the molecule is Cc1cc(C(N)=O)cc(NC(C)C(=O)O)n1. The summed E-state index contributed by atoms with van der Waals surface area (Å²) in [5.74, 6) is -1.25. The second-order valence-electron chi connectivity index (χ2n) is 3.45. The van der Waals surface area contributed by atoms with Crippen LogP contribution in [0.1, 0.15) is 23.0 Å². The van der Waals surface area contributed by atoms with Crippen molar-refractivity contribution in [3.8, 4) is 0 Å². The zero-order chi connectivity index (χ0) is 12.3. The van der Waals surface area contributed by atoms with Gasteiger partial charge in [0.1, 0.15) is 11.9 Å². The number of pyridine rings is 1. The topological polar surface area (TPSA) is 105 Å². The number of aryl methyl sites for hydroxylation is 1. The molecule has 0 radical (unpaired) electrons. The number of aromatic nitrogens is 1. The maximum Gasteiger partial charge on any atom is 0.325 e. The number of hydrogen-bond donors (Lipinski definition) is 3. The fraction of sp³-hybridized carbons (Fsp3) is 0.300. The van der Waals surface area contributed by atoms with Crippen molar-refractivity contribution in [1.82, 2.24) is 4.98 Å². The van der Waals surface area contributed by atoms with E-state index in [2.05, 4.69) is 10.3 Å². The molecule has 4 N–H and O–H groups in total. The Morgan fingerprint density at radius 3 is 2.62 bits per heavy atom. The van der Waals surface area contributed by atoms with Crippen molar-refractivity contribution in [2.24, 2.45) is 5.73 Å². The maximum absolute atomic E-state index is 11.0. The summed E-state index contributed by atoms with van der Waals surface area (Å²) < 4.78 is 0. The number of hydrogen-bond acceptors (Lipinski definition) is 4. The van der Waals surface area contributed by atoms with Gasteiger partial charge in [0.2, 0.25) is 5.91 Å². The molecular weight excluding hydrogens is 210 g/mol. The number of rotatable bonds is 4. The van der Waals surface area contributed by atoms with Gasteiger partial charge in [0.15, 0.2) is 0 Å². The highest BCUT2D eigenvalue weighted by molar-refractivity contribution is 5.93. The van der Waals surface area contributed by atoms with E-state index < -0.39 is 17.9 Å². The van der Waals surface area contributed by atoms with Gasteiger partial charge < -0.3 is 16.2 Å². The van der Waals surface area contributed by atoms with Crippen molar-refractivity contribution in [1.29, 1.82) is 0 Å². The van der Waals surface area contributed by atoms with E-state index in [0.29, 0.717) is 17.1 Å². The number of primary amides is 1. The van der Waals surface area contributed by atoms with Crippen LogP contribution in [0.3, 0.4) is 0 Å². The molecule has 16 heavy (non-hydrogen) atoms. The number of nitrogens with two attached hydrogens (primary N) is 1. The van der Waals surface area contributed by atoms with Gasteiger partial charge >= 0.3 is 5.97 Å². The number of carbonyl (C=O) groups is 2. The molecule has 0 fully saturated rings. The third-order valence-corrected chi connectivity index (χ3v) is 1.97. The van der Waals surface area contributed by atoms with Crippen LogP contribution in [0.4, 0.5) is 5.82 Å². The van der Waals surface area contributed by atoms with E-state index >= 15 is 0 Å². The molecule has 1 rings (SSSR count). The smallest absolute Gasteiger partial charge is 0.325 e. The van der Waals surface area contributed by atoms with Gasteiger partial charge in [-0.05, 0) is 26.0 Å². The fourth-order valence-electron chi connectivity index (χ4n) is 1.17. The van der Waals surface area contributed by atoms with Gasteiger partial charge in [-0.25, -0.2) is 4.98 Å². The molecular formula is C10H13N3O3.